The van der Waals surface area contributed by atoms with Gasteiger partial charge in [0, 0.05) is 43.8 Å². The summed E-state index contributed by atoms with van der Waals surface area (Å²) in [6, 6.07) is 50.0. The maximum atomic E-state index is 10.6. The second-order valence-corrected chi connectivity index (χ2v) is 10.8. The number of para-hydroxylation sites is 4. The Hall–Kier alpha value is -5.53. The van der Waals surface area contributed by atoms with Crippen molar-refractivity contribution in [3.8, 4) is 22.9 Å². The Balaban J connectivity index is 1.53. The van der Waals surface area contributed by atoms with Crippen LogP contribution in [0.1, 0.15) is 5.56 Å². The van der Waals surface area contributed by atoms with Crippen LogP contribution in [-0.4, -0.2) is 15.9 Å². The van der Waals surface area contributed by atoms with Crippen molar-refractivity contribution in [1.82, 2.24) is 9.05 Å². The third-order valence-electron chi connectivity index (χ3n) is 8.82. The fourth-order valence-corrected chi connectivity index (χ4v) is 7.22. The third kappa shape index (κ3) is 2.87. The van der Waals surface area contributed by atoms with E-state index in [0.717, 1.165) is 27.7 Å². The van der Waals surface area contributed by atoms with Gasteiger partial charge in [-0.2, -0.15) is 5.26 Å². The highest BCUT2D eigenvalue weighted by Crippen LogP contribution is 2.39. The molecule has 8 aromatic rings. The molecule has 0 unspecified atom stereocenters. The first-order chi connectivity index (χ1) is 20.3. The van der Waals surface area contributed by atoms with Crippen molar-refractivity contribution < 1.29 is 0 Å². The number of hydrogen-bond acceptors (Lipinski definition) is 1. The quantitative estimate of drug-likeness (QED) is 0.219. The Morgan fingerprint density at radius 3 is 2.02 bits per heavy atom. The van der Waals surface area contributed by atoms with E-state index in [1.54, 1.807) is 0 Å². The van der Waals surface area contributed by atoms with Gasteiger partial charge in [0.15, 0.2) is 0 Å². The summed E-state index contributed by atoms with van der Waals surface area (Å²) in [4.78, 5) is 0. The molecule has 0 bridgehead atoms. The van der Waals surface area contributed by atoms with Crippen LogP contribution in [-0.2, 0) is 0 Å². The summed E-state index contributed by atoms with van der Waals surface area (Å²) in [6.45, 7) is -0.186. The van der Waals surface area contributed by atoms with Crippen molar-refractivity contribution in [1.29, 1.82) is 5.26 Å². The topological polar surface area (TPSA) is 33.6 Å². The fraction of sp³-hybridized carbons (Fsp3) is 0. The smallest absolute Gasteiger partial charge is 0.333 e. The largest absolute Gasteiger partial charge is 0.375 e. The minimum absolute atomic E-state index is 0.186. The molecule has 1 aliphatic rings. The first-order valence-corrected chi connectivity index (χ1v) is 14.0. The monoisotopic (exact) mass is 519 g/mol. The third-order valence-corrected chi connectivity index (χ3v) is 8.82. The van der Waals surface area contributed by atoms with Gasteiger partial charge in [-0.15, -0.1) is 0 Å². The molecule has 0 saturated carbocycles. The van der Waals surface area contributed by atoms with Gasteiger partial charge in [0.25, 0.3) is 0 Å². The number of nitrogens with zero attached hydrogens (tertiary/aromatic N) is 3. The average molecular weight is 519 g/mol. The minimum Gasteiger partial charge on any atom is -0.375 e. The molecule has 6 aromatic carbocycles. The lowest BCUT2D eigenvalue weighted by atomic mass is 9.47. The molecule has 2 aromatic heterocycles. The molecule has 4 heteroatoms. The van der Waals surface area contributed by atoms with Gasteiger partial charge >= 0.3 is 6.85 Å². The average Bonchev–Trinajstić information content (AvgIpc) is 3.56. The molecule has 0 fully saturated rings. The van der Waals surface area contributed by atoms with Gasteiger partial charge in [-0.1, -0.05) is 109 Å². The maximum absolute atomic E-state index is 10.6. The van der Waals surface area contributed by atoms with Crippen molar-refractivity contribution >= 4 is 61.4 Å². The predicted octanol–water partition coefficient (Wildman–Crippen LogP) is 7.40. The second-order valence-electron chi connectivity index (χ2n) is 10.8. The zero-order valence-electron chi connectivity index (χ0n) is 22.1. The normalized spacial score (nSPS) is 12.3. The second kappa shape index (κ2) is 8.24. The van der Waals surface area contributed by atoms with E-state index < -0.39 is 0 Å². The summed E-state index contributed by atoms with van der Waals surface area (Å²) in [6.07, 6.45) is 0. The van der Waals surface area contributed by atoms with Gasteiger partial charge in [-0.3, -0.25) is 0 Å². The van der Waals surface area contributed by atoms with E-state index in [4.69, 9.17) is 0 Å². The highest BCUT2D eigenvalue weighted by Gasteiger charge is 2.38. The van der Waals surface area contributed by atoms with Gasteiger partial charge in [-0.25, -0.2) is 0 Å². The molecular weight excluding hydrogens is 497 g/mol. The van der Waals surface area contributed by atoms with Crippen LogP contribution in [0.5, 0.6) is 0 Å². The molecule has 9 rings (SSSR count). The summed E-state index contributed by atoms with van der Waals surface area (Å²) in [5, 5.41) is 15.4. The molecule has 0 N–H and O–H groups in total. The number of nitriles is 1. The van der Waals surface area contributed by atoms with Gasteiger partial charge in [0.2, 0.25) is 0 Å². The van der Waals surface area contributed by atoms with E-state index in [1.807, 2.05) is 6.07 Å². The lowest BCUT2D eigenvalue weighted by Gasteiger charge is -2.29. The summed E-state index contributed by atoms with van der Waals surface area (Å²) in [5.74, 6) is 0. The fourth-order valence-electron chi connectivity index (χ4n) is 7.22. The van der Waals surface area contributed by atoms with Crippen LogP contribution in [0.3, 0.4) is 0 Å². The number of hydrogen-bond donors (Lipinski definition) is 0. The Kier molecular flexibility index (Phi) is 4.48. The van der Waals surface area contributed by atoms with Gasteiger partial charge in [-0.05, 0) is 40.8 Å². The van der Waals surface area contributed by atoms with Crippen LogP contribution >= 0.6 is 0 Å². The Morgan fingerprint density at radius 2 is 1.20 bits per heavy atom. The SMILES string of the molecule is N#Cc1ccc2c3ccccc3n3c2c1B(n1c2ccccc2c2cccc(-c4ccccc4)c21)c1ccccc1-3. The highest BCUT2D eigenvalue weighted by atomic mass is 15.0. The van der Waals surface area contributed by atoms with E-state index in [1.165, 1.54) is 43.7 Å². The van der Waals surface area contributed by atoms with Crippen LogP contribution in [0.25, 0.3) is 60.4 Å². The van der Waals surface area contributed by atoms with Gasteiger partial charge < -0.3 is 9.05 Å². The van der Waals surface area contributed by atoms with Crippen LogP contribution in [0.2, 0.25) is 0 Å². The first kappa shape index (κ1) is 22.3. The molecule has 188 valence electrons. The minimum atomic E-state index is -0.186. The van der Waals surface area contributed by atoms with E-state index in [0.29, 0.717) is 5.56 Å². The number of rotatable bonds is 2. The molecular formula is C37H22BN3. The van der Waals surface area contributed by atoms with E-state index in [2.05, 4.69) is 143 Å². The molecule has 0 radical (unpaired) electrons. The first-order valence-electron chi connectivity index (χ1n) is 14.0. The molecule has 41 heavy (non-hydrogen) atoms. The van der Waals surface area contributed by atoms with E-state index in [-0.39, 0.29) is 6.85 Å². The van der Waals surface area contributed by atoms with Gasteiger partial charge in [0.05, 0.1) is 22.7 Å². The summed E-state index contributed by atoms with van der Waals surface area (Å²) in [7, 11) is 0. The molecule has 0 spiro atoms. The van der Waals surface area contributed by atoms with E-state index in [9.17, 15) is 5.26 Å². The molecule has 0 saturated heterocycles. The lowest BCUT2D eigenvalue weighted by Crippen LogP contribution is -2.54. The summed E-state index contributed by atoms with van der Waals surface area (Å²) >= 11 is 0. The lowest BCUT2D eigenvalue weighted by molar-refractivity contribution is 1.18. The molecule has 3 nitrogen and oxygen atoms in total. The number of fused-ring (bicyclic) bond motifs is 8. The zero-order chi connectivity index (χ0) is 27.1. The summed E-state index contributed by atoms with van der Waals surface area (Å²) in [5.41, 5.74) is 11.1. The Labute approximate surface area is 237 Å². The number of aromatic nitrogens is 2. The van der Waals surface area contributed by atoms with Crippen molar-refractivity contribution in [3.05, 3.63) is 139 Å². The van der Waals surface area contributed by atoms with Crippen LogP contribution in [0.15, 0.2) is 133 Å². The molecule has 3 heterocycles. The molecule has 0 aliphatic carbocycles. The molecule has 1 aliphatic heterocycles. The number of benzene rings is 6. The van der Waals surface area contributed by atoms with E-state index >= 15 is 0 Å². The standard InChI is InChI=1S/C37H22BN3/c39-23-25-21-22-30-27-13-4-7-18-32(27)40-34-20-9-6-17-31(34)38(35(25)37(30)40)41-33-19-8-5-14-28(33)29-16-10-15-26(36(29)41)24-11-2-1-3-12-24/h1-22H. The van der Waals surface area contributed by atoms with Gasteiger partial charge in [0.1, 0.15) is 0 Å². The van der Waals surface area contributed by atoms with Crippen LogP contribution < -0.4 is 10.9 Å². The van der Waals surface area contributed by atoms with Crippen molar-refractivity contribution in [3.63, 3.8) is 0 Å². The van der Waals surface area contributed by atoms with Crippen LogP contribution in [0, 0.1) is 11.3 Å². The maximum Gasteiger partial charge on any atom is 0.333 e. The van der Waals surface area contributed by atoms with Crippen molar-refractivity contribution in [2.45, 2.75) is 0 Å². The van der Waals surface area contributed by atoms with Crippen LogP contribution in [0.4, 0.5) is 0 Å². The summed E-state index contributed by atoms with van der Waals surface area (Å²) < 4.78 is 4.88. The molecule has 0 amide bonds. The predicted molar refractivity (Wildman–Crippen MR) is 171 cm³/mol. The molecule has 0 atom stereocenters. The Morgan fingerprint density at radius 1 is 0.537 bits per heavy atom. The van der Waals surface area contributed by atoms with Crippen molar-refractivity contribution in [2.24, 2.45) is 0 Å². The highest BCUT2D eigenvalue weighted by molar-refractivity contribution is 6.89. The Bertz CT molecular complexity index is 2390. The van der Waals surface area contributed by atoms with Crippen molar-refractivity contribution in [2.75, 3.05) is 0 Å². The zero-order valence-corrected chi connectivity index (χ0v) is 22.1.